The van der Waals surface area contributed by atoms with Crippen LogP contribution in [0.2, 0.25) is 0 Å². The predicted octanol–water partition coefficient (Wildman–Crippen LogP) is 19.6. The fourth-order valence-electron chi connectivity index (χ4n) is 9.90. The summed E-state index contributed by atoms with van der Waals surface area (Å²) in [6.45, 7) is 4.28. The lowest BCUT2D eigenvalue weighted by Crippen LogP contribution is -2.37. The molecule has 0 heterocycles. The highest BCUT2D eigenvalue weighted by atomic mass is 31.2. The van der Waals surface area contributed by atoms with Gasteiger partial charge in [0.1, 0.15) is 19.8 Å². The fraction of sp³-hybridized carbons (Fsp3) is 0.968. The SMILES string of the molecule is CCCCCCCCCCCCCCCCCCCCCCCCCCCCCCCCCCCCCCCCCC(=O)OC(COC(=O)CCCCCCCCCCCC)COP(=O)([O-])OCC[N+](C)(C)C. The van der Waals surface area contributed by atoms with E-state index in [0.717, 1.165) is 32.1 Å². The van der Waals surface area contributed by atoms with Crippen LogP contribution in [-0.2, 0) is 32.7 Å². The second-order valence-electron chi connectivity index (χ2n) is 23.5. The standard InChI is InChI=1S/C63H126NO8P/c1-6-8-10-12-14-16-18-19-20-21-22-23-24-25-26-27-28-29-30-31-32-33-34-35-36-37-38-39-40-41-42-43-44-45-46-48-50-52-54-56-63(66)72-61(60-71-73(67,68)70-58-57-64(3,4)5)59-69-62(65)55-53-51-49-47-17-15-13-11-9-7-2/h61H,6-60H2,1-5H3. The molecule has 2 unspecified atom stereocenters. The lowest BCUT2D eigenvalue weighted by Gasteiger charge is -2.28. The van der Waals surface area contributed by atoms with Crippen LogP contribution in [0, 0.1) is 0 Å². The summed E-state index contributed by atoms with van der Waals surface area (Å²) in [5.41, 5.74) is 0. The molecular formula is C63H126NO8P. The van der Waals surface area contributed by atoms with Crippen LogP contribution in [0.3, 0.4) is 0 Å². The maximum Gasteiger partial charge on any atom is 0.306 e. The van der Waals surface area contributed by atoms with E-state index < -0.39 is 26.5 Å². The molecule has 2 atom stereocenters. The van der Waals surface area contributed by atoms with E-state index in [1.807, 2.05) is 21.1 Å². The molecule has 0 bridgehead atoms. The highest BCUT2D eigenvalue weighted by Gasteiger charge is 2.22. The Bertz CT molecular complexity index is 1200. The molecule has 0 aliphatic heterocycles. The molecule has 0 spiro atoms. The third-order valence-corrected chi connectivity index (χ3v) is 15.8. The Morgan fingerprint density at radius 1 is 0.370 bits per heavy atom. The highest BCUT2D eigenvalue weighted by Crippen LogP contribution is 2.38. The second kappa shape index (κ2) is 55.8. The van der Waals surface area contributed by atoms with E-state index in [2.05, 4.69) is 13.8 Å². The Balaban J connectivity index is 3.77. The molecule has 0 N–H and O–H groups in total. The van der Waals surface area contributed by atoms with Crippen LogP contribution in [0.25, 0.3) is 0 Å². The van der Waals surface area contributed by atoms with E-state index >= 15 is 0 Å². The number of nitrogens with zero attached hydrogens (tertiary/aromatic N) is 1. The molecule has 9 nitrogen and oxygen atoms in total. The molecule has 0 fully saturated rings. The lowest BCUT2D eigenvalue weighted by atomic mass is 10.0. The van der Waals surface area contributed by atoms with Crippen LogP contribution < -0.4 is 4.89 Å². The molecule has 0 aliphatic rings. The molecule has 0 aromatic carbocycles. The number of hydrogen-bond acceptors (Lipinski definition) is 8. The number of esters is 2. The summed E-state index contributed by atoms with van der Waals surface area (Å²) in [6.07, 6.45) is 65.0. The molecule has 0 saturated carbocycles. The number of likely N-dealkylation sites (N-methyl/N-ethyl adjacent to an activating group) is 1. The van der Waals surface area contributed by atoms with Gasteiger partial charge >= 0.3 is 11.9 Å². The Labute approximate surface area is 454 Å². The Morgan fingerprint density at radius 3 is 0.877 bits per heavy atom. The Morgan fingerprint density at radius 2 is 0.616 bits per heavy atom. The number of phosphoric ester groups is 1. The first-order valence-corrected chi connectivity index (χ1v) is 33.7. The zero-order valence-corrected chi connectivity index (χ0v) is 50.5. The second-order valence-corrected chi connectivity index (χ2v) is 24.9. The summed E-state index contributed by atoms with van der Waals surface area (Å²) < 4.78 is 34.1. The number of quaternary nitrogens is 1. The van der Waals surface area contributed by atoms with Crippen molar-refractivity contribution in [1.29, 1.82) is 0 Å². The van der Waals surface area contributed by atoms with E-state index in [4.69, 9.17) is 18.5 Å². The number of rotatable bonds is 61. The molecule has 436 valence electrons. The zero-order valence-electron chi connectivity index (χ0n) is 49.6. The summed E-state index contributed by atoms with van der Waals surface area (Å²) >= 11 is 0. The van der Waals surface area contributed by atoms with Crippen LogP contribution in [0.1, 0.15) is 341 Å². The van der Waals surface area contributed by atoms with Crippen LogP contribution in [0.15, 0.2) is 0 Å². The highest BCUT2D eigenvalue weighted by molar-refractivity contribution is 7.45. The Kier molecular flexibility index (Phi) is 55.0. The van der Waals surface area contributed by atoms with E-state index in [9.17, 15) is 19.0 Å². The molecule has 0 radical (unpaired) electrons. The molecule has 0 amide bonds. The number of carbonyl (C=O) groups excluding carboxylic acids is 2. The first-order valence-electron chi connectivity index (χ1n) is 32.2. The molecule has 0 aromatic rings. The normalized spacial score (nSPS) is 13.1. The minimum absolute atomic E-state index is 0.0254. The maximum atomic E-state index is 12.8. The van der Waals surface area contributed by atoms with E-state index in [1.165, 1.54) is 276 Å². The monoisotopic (exact) mass is 1060 g/mol. The molecule has 0 aliphatic carbocycles. The number of ether oxygens (including phenoxy) is 2. The van der Waals surface area contributed by atoms with Gasteiger partial charge in [-0.05, 0) is 12.8 Å². The van der Waals surface area contributed by atoms with Crippen molar-refractivity contribution >= 4 is 19.8 Å². The molecular weight excluding hydrogens is 930 g/mol. The lowest BCUT2D eigenvalue weighted by molar-refractivity contribution is -0.870. The quantitative estimate of drug-likeness (QED) is 0.0256. The van der Waals surface area contributed by atoms with E-state index in [0.29, 0.717) is 17.4 Å². The zero-order chi connectivity index (χ0) is 53.5. The molecule has 10 heteroatoms. The van der Waals surface area contributed by atoms with Gasteiger partial charge < -0.3 is 27.9 Å². The summed E-state index contributed by atoms with van der Waals surface area (Å²) in [6, 6.07) is 0. The topological polar surface area (TPSA) is 111 Å². The first kappa shape index (κ1) is 72.0. The van der Waals surface area contributed by atoms with Gasteiger partial charge in [-0.15, -0.1) is 0 Å². The summed E-state index contributed by atoms with van der Waals surface area (Å²) in [5, 5.41) is 0. The summed E-state index contributed by atoms with van der Waals surface area (Å²) in [7, 11) is 1.19. The van der Waals surface area contributed by atoms with Crippen molar-refractivity contribution in [2.45, 2.75) is 347 Å². The van der Waals surface area contributed by atoms with Crippen molar-refractivity contribution in [2.24, 2.45) is 0 Å². The summed E-state index contributed by atoms with van der Waals surface area (Å²) in [5.74, 6) is -0.815. The van der Waals surface area contributed by atoms with Crippen LogP contribution in [0.5, 0.6) is 0 Å². The van der Waals surface area contributed by atoms with Gasteiger partial charge in [-0.1, -0.05) is 316 Å². The van der Waals surface area contributed by atoms with Gasteiger partial charge in [0.2, 0.25) is 0 Å². The minimum atomic E-state index is -4.62. The first-order chi connectivity index (χ1) is 35.5. The van der Waals surface area contributed by atoms with Crippen LogP contribution in [-0.4, -0.2) is 70.0 Å². The summed E-state index contributed by atoms with van der Waals surface area (Å²) in [4.78, 5) is 37.7. The molecule has 0 rings (SSSR count). The van der Waals surface area contributed by atoms with Crippen molar-refractivity contribution < 1.29 is 42.1 Å². The Hall–Kier alpha value is -0.990. The van der Waals surface area contributed by atoms with Crippen molar-refractivity contribution in [1.82, 2.24) is 0 Å². The van der Waals surface area contributed by atoms with Gasteiger partial charge in [0.15, 0.2) is 6.10 Å². The minimum Gasteiger partial charge on any atom is -0.756 e. The maximum absolute atomic E-state index is 12.8. The fourth-order valence-corrected chi connectivity index (χ4v) is 10.6. The van der Waals surface area contributed by atoms with Crippen molar-refractivity contribution in [3.63, 3.8) is 0 Å². The van der Waals surface area contributed by atoms with E-state index in [-0.39, 0.29) is 32.0 Å². The van der Waals surface area contributed by atoms with Crippen molar-refractivity contribution in [3.05, 3.63) is 0 Å². The van der Waals surface area contributed by atoms with Gasteiger partial charge in [0.25, 0.3) is 7.82 Å². The van der Waals surface area contributed by atoms with Gasteiger partial charge in [0, 0.05) is 12.8 Å². The largest absolute Gasteiger partial charge is 0.756 e. The third kappa shape index (κ3) is 60.1. The van der Waals surface area contributed by atoms with Crippen molar-refractivity contribution in [2.75, 3.05) is 47.5 Å². The number of phosphoric acid groups is 1. The predicted molar refractivity (Wildman–Crippen MR) is 310 cm³/mol. The molecule has 0 aromatic heterocycles. The number of hydrogen-bond donors (Lipinski definition) is 0. The van der Waals surface area contributed by atoms with Crippen molar-refractivity contribution in [3.8, 4) is 0 Å². The van der Waals surface area contributed by atoms with Gasteiger partial charge in [-0.2, -0.15) is 0 Å². The van der Waals surface area contributed by atoms with Gasteiger partial charge in [-0.25, -0.2) is 0 Å². The molecule has 73 heavy (non-hydrogen) atoms. The number of unbranched alkanes of at least 4 members (excludes halogenated alkanes) is 47. The average molecular weight is 1060 g/mol. The van der Waals surface area contributed by atoms with Gasteiger partial charge in [-0.3, -0.25) is 14.2 Å². The van der Waals surface area contributed by atoms with Crippen LogP contribution in [0.4, 0.5) is 0 Å². The smallest absolute Gasteiger partial charge is 0.306 e. The third-order valence-electron chi connectivity index (χ3n) is 14.9. The average Bonchev–Trinajstić information content (AvgIpc) is 3.35. The molecule has 0 saturated heterocycles. The van der Waals surface area contributed by atoms with E-state index in [1.54, 1.807) is 0 Å². The van der Waals surface area contributed by atoms with Gasteiger partial charge in [0.05, 0.1) is 27.7 Å². The van der Waals surface area contributed by atoms with Crippen LogP contribution >= 0.6 is 7.82 Å². The number of carbonyl (C=O) groups is 2.